The lowest BCUT2D eigenvalue weighted by atomic mass is 10.3. The second-order valence-corrected chi connectivity index (χ2v) is 2.43. The molecule has 2 rings (SSSR count). The predicted octanol–water partition coefficient (Wildman–Crippen LogP) is 1.64. The summed E-state index contributed by atoms with van der Waals surface area (Å²) in [5, 5.41) is 0. The Bertz CT molecular complexity index is 372. The average molecular weight is 220 g/mol. The van der Waals surface area contributed by atoms with E-state index in [0.29, 0.717) is 6.54 Å². The highest BCUT2D eigenvalue weighted by molar-refractivity contribution is 5.85. The molecule has 0 atom stereocenters. The van der Waals surface area contributed by atoms with Crippen molar-refractivity contribution in [3.63, 3.8) is 0 Å². The lowest BCUT2D eigenvalue weighted by Gasteiger charge is -1.96. The summed E-state index contributed by atoms with van der Waals surface area (Å²) in [5.41, 5.74) is 7.56. The van der Waals surface area contributed by atoms with Gasteiger partial charge in [0.05, 0.1) is 0 Å². The van der Waals surface area contributed by atoms with Crippen LogP contribution in [-0.2, 0) is 6.54 Å². The molecule has 0 radical (unpaired) electrons. The van der Waals surface area contributed by atoms with Gasteiger partial charge in [0.15, 0.2) is 0 Å². The minimum atomic E-state index is 0. The standard InChI is InChI=1S/C8H9N3.2ClH/c9-5-7-1-2-8-10-3-4-11(8)6-7;;/h1-4,6H,5,9H2;2*1H. The highest BCUT2D eigenvalue weighted by Crippen LogP contribution is 2.02. The van der Waals surface area contributed by atoms with E-state index in [0.717, 1.165) is 11.2 Å². The van der Waals surface area contributed by atoms with Gasteiger partial charge in [-0.2, -0.15) is 0 Å². The first-order valence-corrected chi connectivity index (χ1v) is 3.52. The summed E-state index contributed by atoms with van der Waals surface area (Å²) >= 11 is 0. The molecular weight excluding hydrogens is 209 g/mol. The van der Waals surface area contributed by atoms with Crippen LogP contribution in [-0.4, -0.2) is 9.38 Å². The number of nitrogens with two attached hydrogens (primary N) is 1. The molecule has 0 amide bonds. The predicted molar refractivity (Wildman–Crippen MR) is 57.6 cm³/mol. The summed E-state index contributed by atoms with van der Waals surface area (Å²) in [4.78, 5) is 4.12. The van der Waals surface area contributed by atoms with Gasteiger partial charge in [0.2, 0.25) is 0 Å². The smallest absolute Gasteiger partial charge is 0.136 e. The number of hydrogen-bond acceptors (Lipinski definition) is 2. The molecule has 5 heteroatoms. The maximum absolute atomic E-state index is 5.48. The second-order valence-electron chi connectivity index (χ2n) is 2.43. The van der Waals surface area contributed by atoms with Gasteiger partial charge in [0, 0.05) is 25.1 Å². The van der Waals surface area contributed by atoms with Crippen LogP contribution in [0.4, 0.5) is 0 Å². The van der Waals surface area contributed by atoms with Crippen molar-refractivity contribution in [2.45, 2.75) is 6.54 Å². The number of halogens is 2. The first kappa shape index (κ1) is 12.2. The normalized spacial score (nSPS) is 9.00. The quantitative estimate of drug-likeness (QED) is 0.793. The van der Waals surface area contributed by atoms with Gasteiger partial charge < -0.3 is 10.1 Å². The van der Waals surface area contributed by atoms with Gasteiger partial charge in [-0.15, -0.1) is 24.8 Å². The van der Waals surface area contributed by atoms with Crippen LogP contribution in [0, 0.1) is 0 Å². The minimum absolute atomic E-state index is 0. The molecule has 0 spiro atoms. The molecule has 0 saturated carbocycles. The second kappa shape index (κ2) is 5.07. The topological polar surface area (TPSA) is 43.3 Å². The van der Waals surface area contributed by atoms with Crippen LogP contribution in [0.2, 0.25) is 0 Å². The molecule has 2 heterocycles. The van der Waals surface area contributed by atoms with E-state index in [4.69, 9.17) is 5.73 Å². The zero-order valence-corrected chi connectivity index (χ0v) is 8.52. The van der Waals surface area contributed by atoms with E-state index in [2.05, 4.69) is 4.98 Å². The molecule has 0 aliphatic rings. The summed E-state index contributed by atoms with van der Waals surface area (Å²) in [7, 11) is 0. The summed E-state index contributed by atoms with van der Waals surface area (Å²) in [6.45, 7) is 0.577. The van der Waals surface area contributed by atoms with Crippen LogP contribution in [0.1, 0.15) is 5.56 Å². The van der Waals surface area contributed by atoms with E-state index in [9.17, 15) is 0 Å². The average Bonchev–Trinajstić information content (AvgIpc) is 2.50. The monoisotopic (exact) mass is 219 g/mol. The van der Waals surface area contributed by atoms with Gasteiger partial charge >= 0.3 is 0 Å². The number of pyridine rings is 1. The largest absolute Gasteiger partial charge is 0.326 e. The third kappa shape index (κ3) is 2.34. The molecule has 0 bridgehead atoms. The maximum Gasteiger partial charge on any atom is 0.136 e. The molecule has 0 fully saturated rings. The number of hydrogen-bond donors (Lipinski definition) is 1. The molecule has 0 unspecified atom stereocenters. The Morgan fingerprint density at radius 3 is 2.77 bits per heavy atom. The molecular formula is C8H11Cl2N3. The van der Waals surface area contributed by atoms with E-state index < -0.39 is 0 Å². The number of rotatable bonds is 1. The highest BCUT2D eigenvalue weighted by Gasteiger charge is 1.92. The van der Waals surface area contributed by atoms with Crippen molar-refractivity contribution in [3.8, 4) is 0 Å². The van der Waals surface area contributed by atoms with E-state index in [-0.39, 0.29) is 24.8 Å². The summed E-state index contributed by atoms with van der Waals surface area (Å²) in [6, 6.07) is 3.95. The van der Waals surface area contributed by atoms with Crippen molar-refractivity contribution >= 4 is 30.5 Å². The van der Waals surface area contributed by atoms with Crippen molar-refractivity contribution < 1.29 is 0 Å². The molecule has 2 N–H and O–H groups in total. The third-order valence-electron chi connectivity index (χ3n) is 1.69. The van der Waals surface area contributed by atoms with E-state index in [1.54, 1.807) is 6.20 Å². The Balaban J connectivity index is 0.000000720. The third-order valence-corrected chi connectivity index (χ3v) is 1.69. The Morgan fingerprint density at radius 2 is 2.08 bits per heavy atom. The van der Waals surface area contributed by atoms with Gasteiger partial charge in [-0.05, 0) is 11.6 Å². The zero-order valence-electron chi connectivity index (χ0n) is 6.88. The van der Waals surface area contributed by atoms with E-state index in [1.807, 2.05) is 28.9 Å². The number of imidazole rings is 1. The fraction of sp³-hybridized carbons (Fsp3) is 0.125. The zero-order chi connectivity index (χ0) is 7.68. The van der Waals surface area contributed by atoms with Crippen LogP contribution in [0.25, 0.3) is 5.65 Å². The Labute approximate surface area is 88.8 Å². The fourth-order valence-electron chi connectivity index (χ4n) is 1.09. The van der Waals surface area contributed by atoms with E-state index >= 15 is 0 Å². The molecule has 0 saturated heterocycles. The summed E-state index contributed by atoms with van der Waals surface area (Å²) in [6.07, 6.45) is 5.67. The lowest BCUT2D eigenvalue weighted by Crippen LogP contribution is -1.97. The van der Waals surface area contributed by atoms with Crippen molar-refractivity contribution in [1.29, 1.82) is 0 Å². The summed E-state index contributed by atoms with van der Waals surface area (Å²) in [5.74, 6) is 0. The van der Waals surface area contributed by atoms with Crippen LogP contribution >= 0.6 is 24.8 Å². The molecule has 0 aliphatic heterocycles. The van der Waals surface area contributed by atoms with Gasteiger partial charge in [0.1, 0.15) is 5.65 Å². The molecule has 2 aromatic heterocycles. The van der Waals surface area contributed by atoms with Gasteiger partial charge in [-0.25, -0.2) is 4.98 Å². The molecule has 0 aliphatic carbocycles. The maximum atomic E-state index is 5.48. The van der Waals surface area contributed by atoms with Gasteiger partial charge in [-0.1, -0.05) is 6.07 Å². The van der Waals surface area contributed by atoms with Crippen LogP contribution in [0.3, 0.4) is 0 Å². The SMILES string of the molecule is Cl.Cl.NCc1ccc2nccn2c1. The van der Waals surface area contributed by atoms with Crippen LogP contribution < -0.4 is 5.73 Å². The lowest BCUT2D eigenvalue weighted by molar-refractivity contribution is 1.03. The van der Waals surface area contributed by atoms with Gasteiger partial charge in [0.25, 0.3) is 0 Å². The Kier molecular flexibility index (Phi) is 4.77. The van der Waals surface area contributed by atoms with E-state index in [1.165, 1.54) is 0 Å². The minimum Gasteiger partial charge on any atom is -0.326 e. The number of aromatic nitrogens is 2. The molecule has 0 aromatic carbocycles. The van der Waals surface area contributed by atoms with Crippen LogP contribution in [0.5, 0.6) is 0 Å². The molecule has 13 heavy (non-hydrogen) atoms. The first-order chi connectivity index (χ1) is 5.40. The number of nitrogens with zero attached hydrogens (tertiary/aromatic N) is 2. The van der Waals surface area contributed by atoms with Crippen LogP contribution in [0.15, 0.2) is 30.7 Å². The Hall–Kier alpha value is -0.770. The van der Waals surface area contributed by atoms with Gasteiger partial charge in [-0.3, -0.25) is 0 Å². The highest BCUT2D eigenvalue weighted by atomic mass is 35.5. The van der Waals surface area contributed by atoms with Crippen molar-refractivity contribution in [1.82, 2.24) is 9.38 Å². The van der Waals surface area contributed by atoms with Crippen molar-refractivity contribution in [2.75, 3.05) is 0 Å². The molecule has 3 nitrogen and oxygen atoms in total. The van der Waals surface area contributed by atoms with Crippen molar-refractivity contribution in [3.05, 3.63) is 36.3 Å². The number of fused-ring (bicyclic) bond motifs is 1. The Morgan fingerprint density at radius 1 is 1.31 bits per heavy atom. The fourth-order valence-corrected chi connectivity index (χ4v) is 1.09. The molecule has 72 valence electrons. The first-order valence-electron chi connectivity index (χ1n) is 3.52. The molecule has 2 aromatic rings. The summed E-state index contributed by atoms with van der Waals surface area (Å²) < 4.78 is 1.96. The van der Waals surface area contributed by atoms with Crippen molar-refractivity contribution in [2.24, 2.45) is 5.73 Å².